The lowest BCUT2D eigenvalue weighted by atomic mass is 10.1. The number of rotatable bonds is 2. The van der Waals surface area contributed by atoms with Crippen LogP contribution in [-0.4, -0.2) is 17.0 Å². The zero-order valence-electron chi connectivity index (χ0n) is 9.46. The first-order chi connectivity index (χ1) is 8.10. The number of hydrogen-bond acceptors (Lipinski definition) is 3. The van der Waals surface area contributed by atoms with E-state index in [1.807, 2.05) is 6.92 Å². The van der Waals surface area contributed by atoms with Crippen molar-refractivity contribution in [2.45, 2.75) is 6.92 Å². The number of aromatic nitrogens is 2. The van der Waals surface area contributed by atoms with Gasteiger partial charge in [-0.1, -0.05) is 15.9 Å². The number of anilines is 1. The summed E-state index contributed by atoms with van der Waals surface area (Å²) in [5.41, 5.74) is 1.82. The molecule has 1 aromatic carbocycles. The van der Waals surface area contributed by atoms with E-state index in [1.165, 1.54) is 6.07 Å². The van der Waals surface area contributed by atoms with Crippen molar-refractivity contribution in [3.63, 3.8) is 0 Å². The third-order valence-corrected chi connectivity index (χ3v) is 2.78. The minimum absolute atomic E-state index is 0.298. The molecule has 0 spiro atoms. The van der Waals surface area contributed by atoms with Gasteiger partial charge in [0.05, 0.1) is 5.69 Å². The summed E-state index contributed by atoms with van der Waals surface area (Å²) in [6.45, 7) is 1.85. The second-order valence-corrected chi connectivity index (χ2v) is 4.51. The predicted octanol–water partition coefficient (Wildman–Crippen LogP) is 3.40. The van der Waals surface area contributed by atoms with Gasteiger partial charge in [-0.2, -0.15) is 0 Å². The Morgan fingerprint density at radius 3 is 2.71 bits per heavy atom. The smallest absolute Gasteiger partial charge is 0.223 e. The molecule has 0 unspecified atom stereocenters. The van der Waals surface area contributed by atoms with Crippen LogP contribution in [-0.2, 0) is 0 Å². The topological polar surface area (TPSA) is 37.8 Å². The fourth-order valence-corrected chi connectivity index (χ4v) is 1.87. The maximum atomic E-state index is 13.7. The molecule has 1 heterocycles. The zero-order chi connectivity index (χ0) is 12.4. The summed E-state index contributed by atoms with van der Waals surface area (Å²) < 4.78 is 14.5. The average Bonchev–Trinajstić information content (AvgIpc) is 2.31. The van der Waals surface area contributed by atoms with Crippen LogP contribution in [0.2, 0.25) is 0 Å². The molecule has 3 nitrogen and oxygen atoms in total. The monoisotopic (exact) mass is 295 g/mol. The van der Waals surface area contributed by atoms with Crippen LogP contribution in [0.1, 0.15) is 5.69 Å². The van der Waals surface area contributed by atoms with Gasteiger partial charge < -0.3 is 5.32 Å². The van der Waals surface area contributed by atoms with Crippen molar-refractivity contribution in [2.24, 2.45) is 0 Å². The van der Waals surface area contributed by atoms with Gasteiger partial charge in [0.1, 0.15) is 5.82 Å². The van der Waals surface area contributed by atoms with E-state index in [9.17, 15) is 4.39 Å². The molecule has 0 fully saturated rings. The van der Waals surface area contributed by atoms with E-state index in [1.54, 1.807) is 25.2 Å². The number of aryl methyl sites for hydroxylation is 1. The number of halogens is 2. The van der Waals surface area contributed by atoms with Gasteiger partial charge in [-0.3, -0.25) is 0 Å². The highest BCUT2D eigenvalue weighted by molar-refractivity contribution is 9.10. The lowest BCUT2D eigenvalue weighted by molar-refractivity contribution is 0.630. The first kappa shape index (κ1) is 12.0. The summed E-state index contributed by atoms with van der Waals surface area (Å²) in [5, 5.41) is 2.86. The third-order valence-electron chi connectivity index (χ3n) is 2.28. The molecular formula is C12H11BrFN3. The summed E-state index contributed by atoms with van der Waals surface area (Å²) in [6, 6.07) is 6.53. The van der Waals surface area contributed by atoms with Crippen molar-refractivity contribution in [1.82, 2.24) is 9.97 Å². The number of benzene rings is 1. The first-order valence-electron chi connectivity index (χ1n) is 5.09. The molecule has 0 aliphatic rings. The van der Waals surface area contributed by atoms with Gasteiger partial charge in [0.15, 0.2) is 0 Å². The van der Waals surface area contributed by atoms with Gasteiger partial charge in [0.2, 0.25) is 5.95 Å². The van der Waals surface area contributed by atoms with E-state index in [0.29, 0.717) is 17.2 Å². The molecule has 0 aliphatic carbocycles. The van der Waals surface area contributed by atoms with Gasteiger partial charge in [-0.15, -0.1) is 0 Å². The highest BCUT2D eigenvalue weighted by Crippen LogP contribution is 2.25. The molecule has 5 heteroatoms. The van der Waals surface area contributed by atoms with Crippen molar-refractivity contribution in [2.75, 3.05) is 12.4 Å². The van der Waals surface area contributed by atoms with Crippen LogP contribution in [0.25, 0.3) is 11.3 Å². The van der Waals surface area contributed by atoms with Gasteiger partial charge in [-0.05, 0) is 31.2 Å². The Kier molecular flexibility index (Phi) is 3.38. The Hall–Kier alpha value is -1.49. The highest BCUT2D eigenvalue weighted by Gasteiger charge is 2.09. The molecule has 88 valence electrons. The molecule has 0 aliphatic heterocycles. The minimum Gasteiger partial charge on any atom is -0.357 e. The maximum absolute atomic E-state index is 13.7. The van der Waals surface area contributed by atoms with Crippen molar-refractivity contribution < 1.29 is 4.39 Å². The molecule has 17 heavy (non-hydrogen) atoms. The van der Waals surface area contributed by atoms with Crippen LogP contribution in [0.5, 0.6) is 0 Å². The van der Waals surface area contributed by atoms with E-state index in [-0.39, 0.29) is 5.82 Å². The second kappa shape index (κ2) is 4.79. The standard InChI is InChI=1S/C12H11BrFN3/c1-7-5-11(17-12(15-2)16-7)9-6-8(13)3-4-10(9)14/h3-6H,1-2H3,(H,15,16,17). The fraction of sp³-hybridized carbons (Fsp3) is 0.167. The average molecular weight is 296 g/mol. The lowest BCUT2D eigenvalue weighted by Gasteiger charge is -2.07. The van der Waals surface area contributed by atoms with Gasteiger partial charge in [0, 0.05) is 22.8 Å². The largest absolute Gasteiger partial charge is 0.357 e. The van der Waals surface area contributed by atoms with E-state index in [4.69, 9.17) is 0 Å². The number of hydrogen-bond donors (Lipinski definition) is 1. The van der Waals surface area contributed by atoms with Gasteiger partial charge in [-0.25, -0.2) is 14.4 Å². The first-order valence-corrected chi connectivity index (χ1v) is 5.88. The molecule has 0 radical (unpaired) electrons. The number of nitrogens with zero attached hydrogens (tertiary/aromatic N) is 2. The summed E-state index contributed by atoms with van der Waals surface area (Å²) in [7, 11) is 1.73. The van der Waals surface area contributed by atoms with E-state index in [0.717, 1.165) is 10.2 Å². The summed E-state index contributed by atoms with van der Waals surface area (Å²) >= 11 is 3.32. The second-order valence-electron chi connectivity index (χ2n) is 3.59. The number of nitrogens with one attached hydrogen (secondary N) is 1. The van der Waals surface area contributed by atoms with Crippen LogP contribution >= 0.6 is 15.9 Å². The normalized spacial score (nSPS) is 10.4. The molecule has 0 bridgehead atoms. The quantitative estimate of drug-likeness (QED) is 0.923. The fourth-order valence-electron chi connectivity index (χ4n) is 1.51. The van der Waals surface area contributed by atoms with Crippen molar-refractivity contribution >= 4 is 21.9 Å². The van der Waals surface area contributed by atoms with Crippen molar-refractivity contribution in [3.05, 3.63) is 40.2 Å². The molecule has 0 atom stereocenters. The van der Waals surface area contributed by atoms with Crippen LogP contribution in [0.15, 0.2) is 28.7 Å². The van der Waals surface area contributed by atoms with Crippen molar-refractivity contribution in [1.29, 1.82) is 0 Å². The lowest BCUT2D eigenvalue weighted by Crippen LogP contribution is -2.00. The Balaban J connectivity index is 2.59. The van der Waals surface area contributed by atoms with Crippen LogP contribution in [0.4, 0.5) is 10.3 Å². The Morgan fingerprint density at radius 1 is 1.24 bits per heavy atom. The third kappa shape index (κ3) is 2.61. The Bertz CT molecular complexity index is 557. The van der Waals surface area contributed by atoms with E-state index in [2.05, 4.69) is 31.2 Å². The van der Waals surface area contributed by atoms with Crippen molar-refractivity contribution in [3.8, 4) is 11.3 Å². The predicted molar refractivity (Wildman–Crippen MR) is 69.4 cm³/mol. The van der Waals surface area contributed by atoms with Crippen LogP contribution < -0.4 is 5.32 Å². The molecule has 1 N–H and O–H groups in total. The maximum Gasteiger partial charge on any atom is 0.223 e. The summed E-state index contributed by atoms with van der Waals surface area (Å²) in [4.78, 5) is 8.41. The minimum atomic E-state index is -0.298. The molecule has 2 aromatic rings. The molecule has 1 aromatic heterocycles. The summed E-state index contributed by atoms with van der Waals surface area (Å²) in [6.07, 6.45) is 0. The molecular weight excluding hydrogens is 285 g/mol. The van der Waals surface area contributed by atoms with Crippen LogP contribution in [0, 0.1) is 12.7 Å². The van der Waals surface area contributed by atoms with E-state index >= 15 is 0 Å². The van der Waals surface area contributed by atoms with Gasteiger partial charge in [0.25, 0.3) is 0 Å². The van der Waals surface area contributed by atoms with Gasteiger partial charge >= 0.3 is 0 Å². The highest BCUT2D eigenvalue weighted by atomic mass is 79.9. The van der Waals surface area contributed by atoms with E-state index < -0.39 is 0 Å². The Labute approximate surface area is 107 Å². The molecule has 0 amide bonds. The Morgan fingerprint density at radius 2 is 2.00 bits per heavy atom. The summed E-state index contributed by atoms with van der Waals surface area (Å²) in [5.74, 6) is 0.188. The van der Waals surface area contributed by atoms with Crippen LogP contribution in [0.3, 0.4) is 0 Å². The molecule has 0 saturated heterocycles. The molecule has 0 saturated carbocycles. The zero-order valence-corrected chi connectivity index (χ0v) is 11.0. The SMILES string of the molecule is CNc1nc(C)cc(-c2cc(Br)ccc2F)n1. The molecule has 2 rings (SSSR count).